The van der Waals surface area contributed by atoms with Crippen LogP contribution in [0.3, 0.4) is 0 Å². The van der Waals surface area contributed by atoms with Crippen molar-refractivity contribution in [2.75, 3.05) is 33.2 Å². The van der Waals surface area contributed by atoms with Gasteiger partial charge in [-0.25, -0.2) is 9.59 Å². The largest absolute Gasteiger partial charge is 0.459 e. The monoisotopic (exact) mass is 658 g/mol. The van der Waals surface area contributed by atoms with Crippen molar-refractivity contribution >= 4 is 23.8 Å². The minimum Gasteiger partial charge on any atom is -0.459 e. The van der Waals surface area contributed by atoms with E-state index in [0.29, 0.717) is 6.54 Å². The Hall–Kier alpha value is -5.28. The smallest absolute Gasteiger partial charge is 0.329 e. The van der Waals surface area contributed by atoms with Crippen LogP contribution in [0.2, 0.25) is 0 Å². The first-order valence-corrected chi connectivity index (χ1v) is 16.7. The number of benzene rings is 4. The lowest BCUT2D eigenvalue weighted by molar-refractivity contribution is -0.151. The molecule has 3 atom stereocenters. The molecule has 4 aromatic carbocycles. The van der Waals surface area contributed by atoms with E-state index in [-0.39, 0.29) is 38.1 Å². The summed E-state index contributed by atoms with van der Waals surface area (Å²) in [7, 11) is 1.55. The Morgan fingerprint density at radius 3 is 1.73 bits per heavy atom. The zero-order valence-corrected chi connectivity index (χ0v) is 28.1. The van der Waals surface area contributed by atoms with Gasteiger partial charge in [0.2, 0.25) is 11.8 Å². The molecular weight excluding hydrogens is 616 g/mol. The fraction of sp³-hybridized carbons (Fsp3) is 0.300. The first-order chi connectivity index (χ1) is 23.7. The molecule has 2 saturated heterocycles. The van der Waals surface area contributed by atoms with Crippen molar-refractivity contribution in [3.63, 3.8) is 0 Å². The lowest BCUT2D eigenvalue weighted by atomic mass is 9.76. The second kappa shape index (κ2) is 14.5. The first-order valence-electron chi connectivity index (χ1n) is 16.7. The van der Waals surface area contributed by atoms with Crippen molar-refractivity contribution in [3.8, 4) is 0 Å². The Labute approximate surface area is 287 Å². The highest BCUT2D eigenvalue weighted by atomic mass is 16.5. The molecule has 0 spiro atoms. The Morgan fingerprint density at radius 1 is 0.776 bits per heavy atom. The average Bonchev–Trinajstić information content (AvgIpc) is 3.93. The third-order valence-electron chi connectivity index (χ3n) is 9.48. The summed E-state index contributed by atoms with van der Waals surface area (Å²) in [5, 5.41) is 0. The number of hydrogen-bond acceptors (Lipinski definition) is 6. The van der Waals surface area contributed by atoms with Crippen LogP contribution in [0.15, 0.2) is 121 Å². The number of piperazine rings is 1. The third kappa shape index (κ3) is 6.71. The van der Waals surface area contributed by atoms with Gasteiger partial charge in [-0.05, 0) is 28.2 Å². The van der Waals surface area contributed by atoms with E-state index >= 15 is 0 Å². The van der Waals surface area contributed by atoms with E-state index < -0.39 is 35.5 Å². The molecule has 9 nitrogen and oxygen atoms in total. The van der Waals surface area contributed by atoms with Gasteiger partial charge in [-0.1, -0.05) is 135 Å². The molecule has 2 aliphatic rings. The fourth-order valence-corrected chi connectivity index (χ4v) is 7.04. The van der Waals surface area contributed by atoms with Crippen molar-refractivity contribution in [1.29, 1.82) is 0 Å². The van der Waals surface area contributed by atoms with Gasteiger partial charge in [-0.15, -0.1) is 0 Å². The fourth-order valence-electron chi connectivity index (χ4n) is 7.04. The van der Waals surface area contributed by atoms with Crippen LogP contribution in [0.1, 0.15) is 36.1 Å². The van der Waals surface area contributed by atoms with E-state index in [9.17, 15) is 19.2 Å². The number of hydrogen-bond donors (Lipinski definition) is 0. The standard InChI is InChI=1S/C40H42N4O5/c1-29(2)36(38(47)49-28-30-16-8-4-9-17-30)41(3)39(48)42-24-25-43(35(45)27-42)37(46)34-26-44(34)40(31-18-10-5-11-19-31,32-20-12-6-13-21-32)33-22-14-7-15-23-33/h4-23,29,34,36H,24-28H2,1-3H3/t34-,36-,44?/m0/s1. The van der Waals surface area contributed by atoms with Gasteiger partial charge in [0.15, 0.2) is 0 Å². The third-order valence-corrected chi connectivity index (χ3v) is 9.48. The van der Waals surface area contributed by atoms with Crippen LogP contribution in [-0.2, 0) is 31.3 Å². The number of nitrogens with zero attached hydrogens (tertiary/aromatic N) is 4. The minimum atomic E-state index is -0.840. The predicted octanol–water partition coefficient (Wildman–Crippen LogP) is 5.15. The molecule has 0 aromatic heterocycles. The zero-order valence-electron chi connectivity index (χ0n) is 28.1. The number of urea groups is 1. The van der Waals surface area contributed by atoms with Crippen LogP contribution in [0.4, 0.5) is 4.79 Å². The highest BCUT2D eigenvalue weighted by Gasteiger charge is 2.57. The highest BCUT2D eigenvalue weighted by Crippen LogP contribution is 2.48. The quantitative estimate of drug-likeness (QED) is 0.101. The van der Waals surface area contributed by atoms with Crippen molar-refractivity contribution in [1.82, 2.24) is 19.6 Å². The zero-order chi connectivity index (χ0) is 34.5. The molecule has 0 N–H and O–H groups in total. The summed E-state index contributed by atoms with van der Waals surface area (Å²) >= 11 is 0. The molecule has 0 saturated carbocycles. The molecule has 4 amide bonds. The maximum atomic E-state index is 14.1. The molecule has 2 aliphatic heterocycles. The number of amides is 4. The summed E-state index contributed by atoms with van der Waals surface area (Å²) in [6.45, 7) is 4.24. The van der Waals surface area contributed by atoms with Crippen molar-refractivity contribution in [2.24, 2.45) is 5.92 Å². The molecule has 0 aliphatic carbocycles. The molecule has 6 rings (SSSR count). The van der Waals surface area contributed by atoms with E-state index in [1.807, 2.05) is 98.8 Å². The summed E-state index contributed by atoms with van der Waals surface area (Å²) < 4.78 is 5.57. The van der Waals surface area contributed by atoms with Crippen LogP contribution in [0.5, 0.6) is 0 Å². The molecule has 252 valence electrons. The van der Waals surface area contributed by atoms with Crippen LogP contribution in [0.25, 0.3) is 0 Å². The molecule has 4 aromatic rings. The van der Waals surface area contributed by atoms with E-state index in [4.69, 9.17) is 4.74 Å². The van der Waals surface area contributed by atoms with Crippen molar-refractivity contribution in [2.45, 2.75) is 38.1 Å². The number of carbonyl (C=O) groups excluding carboxylic acids is 4. The van der Waals surface area contributed by atoms with Gasteiger partial charge in [-0.2, -0.15) is 0 Å². The van der Waals surface area contributed by atoms with Crippen LogP contribution >= 0.6 is 0 Å². The number of esters is 1. The summed E-state index contributed by atoms with van der Waals surface area (Å²) in [6, 6.07) is 37.9. The summed E-state index contributed by atoms with van der Waals surface area (Å²) in [5.74, 6) is -1.46. The lowest BCUT2D eigenvalue weighted by Crippen LogP contribution is -2.59. The van der Waals surface area contributed by atoms with Gasteiger partial charge in [-0.3, -0.25) is 19.4 Å². The van der Waals surface area contributed by atoms with Gasteiger partial charge in [0.25, 0.3) is 0 Å². The molecule has 2 heterocycles. The molecule has 2 fully saturated rings. The molecule has 0 bridgehead atoms. The number of likely N-dealkylation sites (N-methyl/N-ethyl adjacent to an activating group) is 1. The SMILES string of the molecule is CC(C)[C@@H](C(=O)OCc1ccccc1)N(C)C(=O)N1CCN(C(=O)[C@@H]2CN2C(c2ccccc2)(c2ccccc2)c2ccccc2)C(=O)C1. The Balaban J connectivity index is 1.17. The Kier molecular flexibility index (Phi) is 9.92. The Bertz CT molecular complexity index is 1670. The van der Waals surface area contributed by atoms with E-state index in [0.717, 1.165) is 22.3 Å². The normalized spacial score (nSPS) is 18.2. The van der Waals surface area contributed by atoms with Crippen LogP contribution in [-0.4, -0.2) is 88.7 Å². The summed E-state index contributed by atoms with van der Waals surface area (Å²) in [5.41, 5.74) is 3.16. The first kappa shape index (κ1) is 33.6. The van der Waals surface area contributed by atoms with Crippen molar-refractivity contribution in [3.05, 3.63) is 144 Å². The molecule has 9 heteroatoms. The minimum absolute atomic E-state index is 0.0708. The van der Waals surface area contributed by atoms with Gasteiger partial charge in [0.05, 0.1) is 5.54 Å². The van der Waals surface area contributed by atoms with Crippen molar-refractivity contribution < 1.29 is 23.9 Å². The topological polar surface area (TPSA) is 90.2 Å². The van der Waals surface area contributed by atoms with E-state index in [2.05, 4.69) is 41.3 Å². The van der Waals surface area contributed by atoms with Crippen LogP contribution < -0.4 is 0 Å². The average molecular weight is 659 g/mol. The summed E-state index contributed by atoms with van der Waals surface area (Å²) in [4.78, 5) is 60.6. The maximum Gasteiger partial charge on any atom is 0.329 e. The lowest BCUT2D eigenvalue weighted by Gasteiger charge is -2.39. The van der Waals surface area contributed by atoms with E-state index in [1.165, 1.54) is 14.7 Å². The molecule has 0 radical (unpaired) electrons. The predicted molar refractivity (Wildman–Crippen MR) is 186 cm³/mol. The number of rotatable bonds is 10. The highest BCUT2D eigenvalue weighted by molar-refractivity contribution is 6.01. The number of ether oxygens (including phenoxy) is 1. The number of carbonyl (C=O) groups is 4. The van der Waals surface area contributed by atoms with E-state index in [1.54, 1.807) is 7.05 Å². The molecule has 49 heavy (non-hydrogen) atoms. The van der Waals surface area contributed by atoms with Gasteiger partial charge in [0, 0.05) is 26.7 Å². The molecule has 1 unspecified atom stereocenters. The van der Waals surface area contributed by atoms with Gasteiger partial charge < -0.3 is 14.5 Å². The van der Waals surface area contributed by atoms with Gasteiger partial charge in [0.1, 0.15) is 25.2 Å². The summed E-state index contributed by atoms with van der Waals surface area (Å²) in [6.07, 6.45) is 0. The molecular formula is C40H42N4O5. The second-order valence-electron chi connectivity index (χ2n) is 13.0. The maximum absolute atomic E-state index is 14.1. The Morgan fingerprint density at radius 2 is 1.27 bits per heavy atom. The second-order valence-corrected chi connectivity index (χ2v) is 13.0. The number of imide groups is 1. The van der Waals surface area contributed by atoms with Gasteiger partial charge >= 0.3 is 12.0 Å². The van der Waals surface area contributed by atoms with Crippen LogP contribution in [0, 0.1) is 5.92 Å².